The van der Waals surface area contributed by atoms with Gasteiger partial charge in [-0.15, -0.1) is 0 Å². The first kappa shape index (κ1) is 19.8. The zero-order valence-electron chi connectivity index (χ0n) is 15.6. The van der Waals surface area contributed by atoms with Crippen molar-refractivity contribution in [1.29, 1.82) is 0 Å². The molecule has 2 heterocycles. The second-order valence-corrected chi connectivity index (χ2v) is 7.03. The number of carbonyl (C=O) groups is 4. The van der Waals surface area contributed by atoms with Crippen molar-refractivity contribution in [3.05, 3.63) is 35.9 Å². The Kier molecular flexibility index (Phi) is 5.93. The molecular formula is C19H23N3O6. The Balaban J connectivity index is 1.51. The third-order valence-electron chi connectivity index (χ3n) is 4.79. The molecule has 0 aromatic heterocycles. The number of carbonyl (C=O) groups excluding carboxylic acids is 4. The van der Waals surface area contributed by atoms with Gasteiger partial charge in [0.15, 0.2) is 12.7 Å². The maximum Gasteiger partial charge on any atom is 0.344 e. The molecule has 9 heteroatoms. The molecule has 9 nitrogen and oxygen atoms in total. The number of nitrogens with zero attached hydrogens (tertiary/aromatic N) is 1. The minimum Gasteiger partial charge on any atom is -0.454 e. The first-order valence-corrected chi connectivity index (χ1v) is 9.17. The molecule has 150 valence electrons. The Hall–Kier alpha value is -2.94. The highest BCUT2D eigenvalue weighted by Crippen LogP contribution is 2.22. The summed E-state index contributed by atoms with van der Waals surface area (Å²) in [6.45, 7) is 1.49. The first-order chi connectivity index (χ1) is 13.4. The van der Waals surface area contributed by atoms with Crippen molar-refractivity contribution in [3.8, 4) is 0 Å². The average molecular weight is 389 g/mol. The number of esters is 1. The summed E-state index contributed by atoms with van der Waals surface area (Å²) in [6.07, 6.45) is 1.61. The van der Waals surface area contributed by atoms with E-state index >= 15 is 0 Å². The van der Waals surface area contributed by atoms with Crippen LogP contribution in [0.5, 0.6) is 0 Å². The molecule has 0 radical (unpaired) electrons. The predicted octanol–water partition coefficient (Wildman–Crippen LogP) is 0.683. The van der Waals surface area contributed by atoms with E-state index in [1.54, 1.807) is 6.92 Å². The molecule has 28 heavy (non-hydrogen) atoms. The van der Waals surface area contributed by atoms with E-state index in [2.05, 4.69) is 10.7 Å². The molecule has 2 fully saturated rings. The Labute approximate surface area is 162 Å². The van der Waals surface area contributed by atoms with Crippen LogP contribution in [0.15, 0.2) is 30.3 Å². The lowest BCUT2D eigenvalue weighted by molar-refractivity contribution is -0.158. The number of urea groups is 1. The van der Waals surface area contributed by atoms with Crippen molar-refractivity contribution in [2.45, 2.75) is 44.2 Å². The van der Waals surface area contributed by atoms with Gasteiger partial charge < -0.3 is 14.8 Å². The number of benzene rings is 1. The molecule has 0 spiro atoms. The maximum atomic E-state index is 12.6. The van der Waals surface area contributed by atoms with Gasteiger partial charge in [0.2, 0.25) is 0 Å². The van der Waals surface area contributed by atoms with Gasteiger partial charge in [-0.1, -0.05) is 30.3 Å². The van der Waals surface area contributed by atoms with Gasteiger partial charge in [0, 0.05) is 6.61 Å². The van der Waals surface area contributed by atoms with Crippen LogP contribution in [0.1, 0.15) is 31.7 Å². The monoisotopic (exact) mass is 389 g/mol. The van der Waals surface area contributed by atoms with Crippen LogP contribution in [-0.4, -0.2) is 53.7 Å². The van der Waals surface area contributed by atoms with Crippen molar-refractivity contribution >= 4 is 23.8 Å². The van der Waals surface area contributed by atoms with Crippen molar-refractivity contribution in [1.82, 2.24) is 15.8 Å². The lowest BCUT2D eigenvalue weighted by Crippen LogP contribution is -2.50. The van der Waals surface area contributed by atoms with Gasteiger partial charge in [-0.2, -0.15) is 5.01 Å². The first-order valence-electron chi connectivity index (χ1n) is 9.17. The predicted molar refractivity (Wildman–Crippen MR) is 96.6 cm³/mol. The molecule has 0 bridgehead atoms. The summed E-state index contributed by atoms with van der Waals surface area (Å²) >= 11 is 0. The minimum absolute atomic E-state index is 0.377. The molecule has 0 aliphatic carbocycles. The normalized spacial score (nSPS) is 24.2. The van der Waals surface area contributed by atoms with Crippen molar-refractivity contribution in [2.24, 2.45) is 0 Å². The molecule has 1 aromatic carbocycles. The van der Waals surface area contributed by atoms with Gasteiger partial charge in [-0.25, -0.2) is 9.59 Å². The molecule has 4 amide bonds. The van der Waals surface area contributed by atoms with Crippen molar-refractivity contribution < 1.29 is 28.7 Å². The second-order valence-electron chi connectivity index (χ2n) is 7.03. The standard InChI is InChI=1S/C19H23N3O6/c1-19(10-9-13-6-3-2-4-7-13)17(25)22(18(26)20-19)21-15(23)12-28-16(24)14-8-5-11-27-14/h2-4,6-7,14H,5,8-12H2,1H3,(H,20,26)(H,21,23)/t14-,19-/m0/s1. The zero-order valence-corrected chi connectivity index (χ0v) is 15.6. The van der Waals surface area contributed by atoms with E-state index in [4.69, 9.17) is 9.47 Å². The summed E-state index contributed by atoms with van der Waals surface area (Å²) in [5.74, 6) is -1.97. The summed E-state index contributed by atoms with van der Waals surface area (Å²) < 4.78 is 10.1. The smallest absolute Gasteiger partial charge is 0.344 e. The van der Waals surface area contributed by atoms with Crippen LogP contribution in [0.3, 0.4) is 0 Å². The van der Waals surface area contributed by atoms with E-state index in [1.165, 1.54) is 0 Å². The SMILES string of the molecule is C[C@@]1(CCc2ccccc2)NC(=O)N(NC(=O)COC(=O)[C@@H]2CCCO2)C1=O. The molecule has 2 N–H and O–H groups in total. The molecule has 0 saturated carbocycles. The lowest BCUT2D eigenvalue weighted by Gasteiger charge is -2.21. The van der Waals surface area contributed by atoms with E-state index in [0.717, 1.165) is 12.0 Å². The van der Waals surface area contributed by atoms with Gasteiger partial charge in [0.1, 0.15) is 5.54 Å². The number of amides is 4. The summed E-state index contributed by atoms with van der Waals surface area (Å²) in [4.78, 5) is 48.5. The van der Waals surface area contributed by atoms with Crippen molar-refractivity contribution in [3.63, 3.8) is 0 Å². The number of nitrogens with one attached hydrogen (secondary N) is 2. The Morgan fingerprint density at radius 2 is 2.07 bits per heavy atom. The number of hydrazine groups is 1. The van der Waals surface area contributed by atoms with Crippen LogP contribution < -0.4 is 10.7 Å². The van der Waals surface area contributed by atoms with E-state index in [1.807, 2.05) is 30.3 Å². The summed E-state index contributed by atoms with van der Waals surface area (Å²) in [5.41, 5.74) is 2.10. The molecule has 2 aliphatic heterocycles. The number of ether oxygens (including phenoxy) is 2. The molecule has 0 unspecified atom stereocenters. The Morgan fingerprint density at radius 1 is 1.32 bits per heavy atom. The Morgan fingerprint density at radius 3 is 2.75 bits per heavy atom. The minimum atomic E-state index is -1.13. The average Bonchev–Trinajstić information content (AvgIpc) is 3.29. The lowest BCUT2D eigenvalue weighted by atomic mass is 9.93. The molecule has 2 saturated heterocycles. The summed E-state index contributed by atoms with van der Waals surface area (Å²) in [7, 11) is 0. The number of rotatable bonds is 7. The van der Waals surface area contributed by atoms with Crippen molar-refractivity contribution in [2.75, 3.05) is 13.2 Å². The quantitative estimate of drug-likeness (QED) is 0.524. The van der Waals surface area contributed by atoms with Crippen LogP contribution in [0.2, 0.25) is 0 Å². The van der Waals surface area contributed by atoms with Crippen LogP contribution in [0.4, 0.5) is 4.79 Å². The van der Waals surface area contributed by atoms with E-state index in [9.17, 15) is 19.2 Å². The van der Waals surface area contributed by atoms with Crippen LogP contribution >= 0.6 is 0 Å². The topological polar surface area (TPSA) is 114 Å². The molecule has 3 rings (SSSR count). The maximum absolute atomic E-state index is 12.6. The molecule has 2 atom stereocenters. The Bertz CT molecular complexity index is 762. The third kappa shape index (κ3) is 4.48. The largest absolute Gasteiger partial charge is 0.454 e. The number of imide groups is 1. The fraction of sp³-hybridized carbons (Fsp3) is 0.474. The highest BCUT2D eigenvalue weighted by atomic mass is 16.6. The number of hydrogen-bond acceptors (Lipinski definition) is 6. The molecule has 1 aromatic rings. The fourth-order valence-electron chi connectivity index (χ4n) is 3.14. The number of aryl methyl sites for hydroxylation is 1. The van der Waals surface area contributed by atoms with Gasteiger partial charge in [0.05, 0.1) is 0 Å². The third-order valence-corrected chi connectivity index (χ3v) is 4.79. The highest BCUT2D eigenvalue weighted by molar-refractivity contribution is 6.07. The fourth-order valence-corrected chi connectivity index (χ4v) is 3.14. The van der Waals surface area contributed by atoms with E-state index < -0.39 is 42.1 Å². The van der Waals surface area contributed by atoms with Crippen LogP contribution in [0.25, 0.3) is 0 Å². The van der Waals surface area contributed by atoms with E-state index in [0.29, 0.717) is 30.9 Å². The second kappa shape index (κ2) is 8.39. The van der Waals surface area contributed by atoms with Gasteiger partial charge in [0.25, 0.3) is 11.8 Å². The van der Waals surface area contributed by atoms with Gasteiger partial charge in [-0.3, -0.25) is 15.0 Å². The number of hydrogen-bond donors (Lipinski definition) is 2. The van der Waals surface area contributed by atoms with Gasteiger partial charge in [-0.05, 0) is 38.2 Å². The molecule has 2 aliphatic rings. The zero-order chi connectivity index (χ0) is 20.1. The summed E-state index contributed by atoms with van der Waals surface area (Å²) in [5, 5.41) is 3.24. The van der Waals surface area contributed by atoms with Crippen LogP contribution in [0, 0.1) is 0 Å². The van der Waals surface area contributed by atoms with Gasteiger partial charge >= 0.3 is 12.0 Å². The highest BCUT2D eigenvalue weighted by Gasteiger charge is 2.48. The van der Waals surface area contributed by atoms with E-state index in [-0.39, 0.29) is 0 Å². The summed E-state index contributed by atoms with van der Waals surface area (Å²) in [6, 6.07) is 8.85. The molecular weight excluding hydrogens is 366 g/mol. The van der Waals surface area contributed by atoms with Crippen LogP contribution in [-0.2, 0) is 30.3 Å².